The lowest BCUT2D eigenvalue weighted by Gasteiger charge is -2.13. The van der Waals surface area contributed by atoms with Crippen molar-refractivity contribution in [2.75, 3.05) is 7.11 Å². The summed E-state index contributed by atoms with van der Waals surface area (Å²) in [7, 11) is 1.69. The molecule has 0 amide bonds. The van der Waals surface area contributed by atoms with Gasteiger partial charge in [0.1, 0.15) is 11.6 Å². The van der Waals surface area contributed by atoms with Gasteiger partial charge in [-0.2, -0.15) is 0 Å². The standard InChI is InChI=1S/C16H20N2O/c1-10(2)14-9-17-12(4)18-16(14)13-6-7-15(19-5)11(3)8-13/h6-10H,1-5H3. The fourth-order valence-electron chi connectivity index (χ4n) is 2.16. The Morgan fingerprint density at radius 2 is 1.89 bits per heavy atom. The zero-order valence-electron chi connectivity index (χ0n) is 12.2. The van der Waals surface area contributed by atoms with Gasteiger partial charge in [-0.3, -0.25) is 0 Å². The van der Waals surface area contributed by atoms with Gasteiger partial charge in [-0.15, -0.1) is 0 Å². The Morgan fingerprint density at radius 1 is 1.16 bits per heavy atom. The molecule has 0 aliphatic rings. The number of benzene rings is 1. The number of hydrogen-bond acceptors (Lipinski definition) is 3. The van der Waals surface area contributed by atoms with Crippen molar-refractivity contribution >= 4 is 0 Å². The topological polar surface area (TPSA) is 35.0 Å². The van der Waals surface area contributed by atoms with E-state index < -0.39 is 0 Å². The maximum Gasteiger partial charge on any atom is 0.125 e. The van der Waals surface area contributed by atoms with E-state index in [1.54, 1.807) is 7.11 Å². The zero-order valence-corrected chi connectivity index (χ0v) is 12.2. The lowest BCUT2D eigenvalue weighted by molar-refractivity contribution is 0.412. The number of rotatable bonds is 3. The molecule has 1 aromatic carbocycles. The third kappa shape index (κ3) is 2.75. The highest BCUT2D eigenvalue weighted by Crippen LogP contribution is 2.30. The van der Waals surface area contributed by atoms with E-state index in [-0.39, 0.29) is 0 Å². The Balaban J connectivity index is 2.57. The van der Waals surface area contributed by atoms with E-state index in [1.165, 1.54) is 5.56 Å². The van der Waals surface area contributed by atoms with Gasteiger partial charge in [0.25, 0.3) is 0 Å². The molecular weight excluding hydrogens is 236 g/mol. The third-order valence-electron chi connectivity index (χ3n) is 3.23. The molecule has 2 rings (SSSR count). The molecule has 0 saturated carbocycles. The van der Waals surface area contributed by atoms with Gasteiger partial charge in [-0.05, 0) is 49.1 Å². The van der Waals surface area contributed by atoms with Crippen molar-refractivity contribution in [3.63, 3.8) is 0 Å². The van der Waals surface area contributed by atoms with E-state index in [0.29, 0.717) is 5.92 Å². The molecule has 100 valence electrons. The molecule has 0 saturated heterocycles. The molecule has 1 heterocycles. The van der Waals surface area contributed by atoms with Crippen molar-refractivity contribution in [3.8, 4) is 17.0 Å². The summed E-state index contributed by atoms with van der Waals surface area (Å²) in [6, 6.07) is 6.16. The van der Waals surface area contributed by atoms with Crippen molar-refractivity contribution in [1.82, 2.24) is 9.97 Å². The molecule has 1 aromatic heterocycles. The number of methoxy groups -OCH3 is 1. The largest absolute Gasteiger partial charge is 0.496 e. The first kappa shape index (κ1) is 13.5. The minimum atomic E-state index is 0.401. The normalized spacial score (nSPS) is 10.8. The van der Waals surface area contributed by atoms with E-state index in [0.717, 1.165) is 28.4 Å². The second kappa shape index (κ2) is 5.39. The molecule has 0 bridgehead atoms. The summed E-state index contributed by atoms with van der Waals surface area (Å²) in [5, 5.41) is 0. The van der Waals surface area contributed by atoms with Gasteiger partial charge >= 0.3 is 0 Å². The molecule has 0 radical (unpaired) electrons. The van der Waals surface area contributed by atoms with Crippen molar-refractivity contribution in [1.29, 1.82) is 0 Å². The molecule has 0 unspecified atom stereocenters. The van der Waals surface area contributed by atoms with E-state index in [9.17, 15) is 0 Å². The quantitative estimate of drug-likeness (QED) is 0.835. The minimum absolute atomic E-state index is 0.401. The summed E-state index contributed by atoms with van der Waals surface area (Å²) in [5.41, 5.74) is 4.43. The van der Waals surface area contributed by atoms with Crippen LogP contribution >= 0.6 is 0 Å². The average Bonchev–Trinajstić information content (AvgIpc) is 2.38. The Bertz CT molecular complexity index is 591. The average molecular weight is 256 g/mol. The minimum Gasteiger partial charge on any atom is -0.496 e. The maximum atomic E-state index is 5.30. The maximum absolute atomic E-state index is 5.30. The Labute approximate surface area is 114 Å². The molecule has 3 nitrogen and oxygen atoms in total. The predicted octanol–water partition coefficient (Wildman–Crippen LogP) is 3.89. The monoisotopic (exact) mass is 256 g/mol. The van der Waals surface area contributed by atoms with Crippen LogP contribution in [0.15, 0.2) is 24.4 Å². The fraction of sp³-hybridized carbons (Fsp3) is 0.375. The van der Waals surface area contributed by atoms with E-state index in [4.69, 9.17) is 4.74 Å². The zero-order chi connectivity index (χ0) is 14.0. The molecule has 3 heteroatoms. The molecule has 2 aromatic rings. The molecule has 0 fully saturated rings. The molecule has 0 aliphatic heterocycles. The van der Waals surface area contributed by atoms with Gasteiger partial charge in [-0.25, -0.2) is 9.97 Å². The van der Waals surface area contributed by atoms with Crippen LogP contribution in [-0.2, 0) is 0 Å². The van der Waals surface area contributed by atoms with Crippen LogP contribution in [0.3, 0.4) is 0 Å². The van der Waals surface area contributed by atoms with Gasteiger partial charge in [0.05, 0.1) is 12.8 Å². The Kier molecular flexibility index (Phi) is 3.84. The second-order valence-corrected chi connectivity index (χ2v) is 5.06. The summed E-state index contributed by atoms with van der Waals surface area (Å²) in [5.74, 6) is 2.10. The molecule has 0 N–H and O–H groups in total. The number of aromatic nitrogens is 2. The van der Waals surface area contributed by atoms with Crippen LogP contribution < -0.4 is 4.74 Å². The SMILES string of the molecule is COc1ccc(-c2nc(C)ncc2C(C)C)cc1C. The first-order chi connectivity index (χ1) is 9.02. The number of nitrogens with zero attached hydrogens (tertiary/aromatic N) is 2. The van der Waals surface area contributed by atoms with E-state index in [1.807, 2.05) is 26.1 Å². The number of ether oxygens (including phenoxy) is 1. The summed E-state index contributed by atoms with van der Waals surface area (Å²) >= 11 is 0. The molecule has 19 heavy (non-hydrogen) atoms. The summed E-state index contributed by atoms with van der Waals surface area (Å²) < 4.78 is 5.30. The smallest absolute Gasteiger partial charge is 0.125 e. The summed E-state index contributed by atoms with van der Waals surface area (Å²) in [4.78, 5) is 8.92. The molecular formula is C16H20N2O. The Hall–Kier alpha value is -1.90. The molecule has 0 spiro atoms. The van der Waals surface area contributed by atoms with Gasteiger partial charge in [-0.1, -0.05) is 13.8 Å². The van der Waals surface area contributed by atoms with Crippen LogP contribution in [0.25, 0.3) is 11.3 Å². The van der Waals surface area contributed by atoms with Gasteiger partial charge in [0.2, 0.25) is 0 Å². The van der Waals surface area contributed by atoms with E-state index >= 15 is 0 Å². The van der Waals surface area contributed by atoms with Crippen molar-refractivity contribution in [2.45, 2.75) is 33.6 Å². The highest BCUT2D eigenvalue weighted by molar-refractivity contribution is 5.65. The number of hydrogen-bond donors (Lipinski definition) is 0. The lowest BCUT2D eigenvalue weighted by Crippen LogP contribution is -2.00. The van der Waals surface area contributed by atoms with Crippen LogP contribution in [0.2, 0.25) is 0 Å². The van der Waals surface area contributed by atoms with Crippen LogP contribution in [-0.4, -0.2) is 17.1 Å². The summed E-state index contributed by atoms with van der Waals surface area (Å²) in [6.07, 6.45) is 1.93. The van der Waals surface area contributed by atoms with Gasteiger partial charge in [0, 0.05) is 11.8 Å². The third-order valence-corrected chi connectivity index (χ3v) is 3.23. The van der Waals surface area contributed by atoms with E-state index in [2.05, 4.69) is 35.9 Å². The van der Waals surface area contributed by atoms with Crippen molar-refractivity contribution < 1.29 is 4.74 Å². The van der Waals surface area contributed by atoms with Crippen molar-refractivity contribution in [2.24, 2.45) is 0 Å². The second-order valence-electron chi connectivity index (χ2n) is 5.06. The van der Waals surface area contributed by atoms with Gasteiger partial charge < -0.3 is 4.74 Å². The number of aryl methyl sites for hydroxylation is 2. The summed E-state index contributed by atoms with van der Waals surface area (Å²) in [6.45, 7) is 8.29. The first-order valence-corrected chi connectivity index (χ1v) is 6.51. The molecule has 0 atom stereocenters. The fourth-order valence-corrected chi connectivity index (χ4v) is 2.16. The van der Waals surface area contributed by atoms with Crippen LogP contribution in [0.5, 0.6) is 5.75 Å². The Morgan fingerprint density at radius 3 is 2.47 bits per heavy atom. The van der Waals surface area contributed by atoms with Crippen LogP contribution in [0.1, 0.15) is 36.7 Å². The first-order valence-electron chi connectivity index (χ1n) is 6.51. The highest BCUT2D eigenvalue weighted by Gasteiger charge is 2.12. The highest BCUT2D eigenvalue weighted by atomic mass is 16.5. The van der Waals surface area contributed by atoms with Crippen molar-refractivity contribution in [3.05, 3.63) is 41.3 Å². The lowest BCUT2D eigenvalue weighted by atomic mass is 9.97. The molecule has 0 aliphatic carbocycles. The van der Waals surface area contributed by atoms with Gasteiger partial charge in [0.15, 0.2) is 0 Å². The van der Waals surface area contributed by atoms with Crippen LogP contribution in [0, 0.1) is 13.8 Å². The predicted molar refractivity (Wildman–Crippen MR) is 77.6 cm³/mol. The van der Waals surface area contributed by atoms with Crippen LogP contribution in [0.4, 0.5) is 0 Å².